The first-order valence-electron chi connectivity index (χ1n) is 7.09. The van der Waals surface area contributed by atoms with Gasteiger partial charge in [0.15, 0.2) is 12.4 Å². The molecule has 23 heavy (non-hydrogen) atoms. The topological polar surface area (TPSA) is 67.4 Å². The van der Waals surface area contributed by atoms with Gasteiger partial charge in [0, 0.05) is 0 Å². The van der Waals surface area contributed by atoms with Gasteiger partial charge in [-0.1, -0.05) is 23.7 Å². The lowest BCUT2D eigenvalue weighted by molar-refractivity contribution is -0.118. The van der Waals surface area contributed by atoms with Crippen LogP contribution in [0.25, 0.3) is 0 Å². The molecule has 0 radical (unpaired) electrons. The maximum absolute atomic E-state index is 12.6. The van der Waals surface area contributed by atoms with E-state index in [0.717, 1.165) is 11.1 Å². The molecule has 1 aliphatic heterocycles. The average Bonchev–Trinajstić information content (AvgIpc) is 2.49. The Morgan fingerprint density at radius 3 is 2.83 bits per heavy atom. The Bertz CT molecular complexity index is 794. The fourth-order valence-corrected chi connectivity index (χ4v) is 2.92. The van der Waals surface area contributed by atoms with E-state index in [1.807, 2.05) is 19.9 Å². The largest absolute Gasteiger partial charge is 0.481 e. The van der Waals surface area contributed by atoms with Crippen LogP contribution in [-0.4, -0.2) is 18.4 Å². The Labute approximate surface area is 138 Å². The summed E-state index contributed by atoms with van der Waals surface area (Å²) < 4.78 is 5.40. The number of para-hydroxylation sites is 1. The Hall–Kier alpha value is -2.53. The van der Waals surface area contributed by atoms with Crippen molar-refractivity contribution in [2.24, 2.45) is 0 Å². The lowest BCUT2D eigenvalue weighted by Crippen LogP contribution is -2.27. The van der Waals surface area contributed by atoms with Crippen molar-refractivity contribution in [1.82, 2.24) is 0 Å². The first kappa shape index (κ1) is 15.4. The summed E-state index contributed by atoms with van der Waals surface area (Å²) in [6.07, 6.45) is 0. The highest BCUT2D eigenvalue weighted by Gasteiger charge is 2.23. The third-order valence-electron chi connectivity index (χ3n) is 3.55. The quantitative estimate of drug-likeness (QED) is 0.885. The van der Waals surface area contributed by atoms with Gasteiger partial charge in [-0.15, -0.1) is 0 Å². The Kier molecular flexibility index (Phi) is 3.96. The lowest BCUT2D eigenvalue weighted by Gasteiger charge is -2.20. The number of rotatable bonds is 2. The Balaban J connectivity index is 1.94. The zero-order chi connectivity index (χ0) is 16.6. The molecule has 1 heterocycles. The summed E-state index contributed by atoms with van der Waals surface area (Å²) in [5.41, 5.74) is 3.30. The van der Waals surface area contributed by atoms with Gasteiger partial charge in [0.25, 0.3) is 11.8 Å². The molecular formula is C17H15ClN2O3. The van der Waals surface area contributed by atoms with Crippen LogP contribution in [0.3, 0.4) is 0 Å². The molecule has 0 fully saturated rings. The molecule has 0 saturated carbocycles. The molecule has 1 aliphatic rings. The zero-order valence-corrected chi connectivity index (χ0v) is 13.5. The molecule has 6 heteroatoms. The minimum atomic E-state index is -0.341. The fourth-order valence-electron chi connectivity index (χ4n) is 2.55. The molecule has 0 atom stereocenters. The number of aryl methyl sites for hydroxylation is 2. The van der Waals surface area contributed by atoms with Crippen molar-refractivity contribution < 1.29 is 14.3 Å². The summed E-state index contributed by atoms with van der Waals surface area (Å²) in [5.74, 6) is -0.218. The van der Waals surface area contributed by atoms with Crippen molar-refractivity contribution in [2.45, 2.75) is 13.8 Å². The van der Waals surface area contributed by atoms with E-state index in [9.17, 15) is 9.59 Å². The van der Waals surface area contributed by atoms with Crippen molar-refractivity contribution in [3.8, 4) is 5.75 Å². The van der Waals surface area contributed by atoms with Gasteiger partial charge in [-0.2, -0.15) is 0 Å². The van der Waals surface area contributed by atoms with Crippen molar-refractivity contribution in [3.05, 3.63) is 52.0 Å². The number of hydrogen-bond donors (Lipinski definition) is 2. The fraction of sp³-hybridized carbons (Fsp3) is 0.176. The van der Waals surface area contributed by atoms with E-state index >= 15 is 0 Å². The molecule has 0 saturated heterocycles. The Morgan fingerprint density at radius 1 is 1.30 bits per heavy atom. The second kappa shape index (κ2) is 5.93. The van der Waals surface area contributed by atoms with E-state index in [2.05, 4.69) is 10.6 Å². The SMILES string of the molecule is Cc1cc(C)c(NC(=O)c2cccc3c2OCC(=O)N3)c(Cl)c1. The molecule has 2 amide bonds. The number of amides is 2. The third-order valence-corrected chi connectivity index (χ3v) is 3.85. The molecule has 0 bridgehead atoms. The highest BCUT2D eigenvalue weighted by molar-refractivity contribution is 6.34. The van der Waals surface area contributed by atoms with Crippen molar-refractivity contribution >= 4 is 34.8 Å². The van der Waals surface area contributed by atoms with Crippen LogP contribution in [0.5, 0.6) is 5.75 Å². The molecule has 0 aliphatic carbocycles. The molecule has 0 aromatic heterocycles. The minimum Gasteiger partial charge on any atom is -0.481 e. The van der Waals surface area contributed by atoms with Crippen LogP contribution in [0.15, 0.2) is 30.3 Å². The van der Waals surface area contributed by atoms with E-state index in [-0.39, 0.29) is 18.4 Å². The minimum absolute atomic E-state index is 0.110. The van der Waals surface area contributed by atoms with Gasteiger partial charge in [0.05, 0.1) is 22.0 Å². The number of fused-ring (bicyclic) bond motifs is 1. The smallest absolute Gasteiger partial charge is 0.262 e. The standard InChI is InChI=1S/C17H15ClN2O3/c1-9-6-10(2)15(12(18)7-9)20-17(22)11-4-3-5-13-16(11)23-8-14(21)19-13/h3-7H,8H2,1-2H3,(H,19,21)(H,20,22). The highest BCUT2D eigenvalue weighted by Crippen LogP contribution is 2.33. The van der Waals surface area contributed by atoms with E-state index in [4.69, 9.17) is 16.3 Å². The molecular weight excluding hydrogens is 316 g/mol. The van der Waals surface area contributed by atoms with Crippen LogP contribution in [0, 0.1) is 13.8 Å². The predicted molar refractivity (Wildman–Crippen MR) is 89.4 cm³/mol. The molecule has 5 nitrogen and oxygen atoms in total. The van der Waals surface area contributed by atoms with Crippen molar-refractivity contribution in [2.75, 3.05) is 17.2 Å². The van der Waals surface area contributed by atoms with Crippen LogP contribution in [0.4, 0.5) is 11.4 Å². The number of carbonyl (C=O) groups excluding carboxylic acids is 2. The summed E-state index contributed by atoms with van der Waals surface area (Å²) in [7, 11) is 0. The van der Waals surface area contributed by atoms with Gasteiger partial charge in [-0.3, -0.25) is 9.59 Å². The van der Waals surface area contributed by atoms with Crippen LogP contribution in [0.1, 0.15) is 21.5 Å². The number of hydrogen-bond acceptors (Lipinski definition) is 3. The van der Waals surface area contributed by atoms with Gasteiger partial charge in [0.1, 0.15) is 0 Å². The van der Waals surface area contributed by atoms with Gasteiger partial charge in [-0.05, 0) is 43.2 Å². The molecule has 2 aromatic rings. The average molecular weight is 331 g/mol. The number of nitrogens with one attached hydrogen (secondary N) is 2. The summed E-state index contributed by atoms with van der Waals surface area (Å²) in [6.45, 7) is 3.71. The first-order valence-corrected chi connectivity index (χ1v) is 7.47. The number of halogens is 1. The van der Waals surface area contributed by atoms with Gasteiger partial charge in [-0.25, -0.2) is 0 Å². The number of benzene rings is 2. The maximum Gasteiger partial charge on any atom is 0.262 e. The Morgan fingerprint density at radius 2 is 2.09 bits per heavy atom. The molecule has 3 rings (SSSR count). The second-order valence-corrected chi connectivity index (χ2v) is 5.82. The second-order valence-electron chi connectivity index (χ2n) is 5.41. The number of carbonyl (C=O) groups is 2. The summed E-state index contributed by atoms with van der Waals surface area (Å²) in [6, 6.07) is 8.75. The van der Waals surface area contributed by atoms with Crippen molar-refractivity contribution in [1.29, 1.82) is 0 Å². The van der Waals surface area contributed by atoms with Crippen molar-refractivity contribution in [3.63, 3.8) is 0 Å². The monoisotopic (exact) mass is 330 g/mol. The van der Waals surface area contributed by atoms with Gasteiger partial charge >= 0.3 is 0 Å². The first-order chi connectivity index (χ1) is 11.0. The summed E-state index contributed by atoms with van der Waals surface area (Å²) >= 11 is 6.23. The molecule has 118 valence electrons. The van der Waals surface area contributed by atoms with E-state index < -0.39 is 0 Å². The third kappa shape index (κ3) is 3.00. The van der Waals surface area contributed by atoms with Gasteiger partial charge in [0.2, 0.25) is 0 Å². The lowest BCUT2D eigenvalue weighted by atomic mass is 10.1. The molecule has 0 unspecified atom stereocenters. The maximum atomic E-state index is 12.6. The molecule has 2 N–H and O–H groups in total. The van der Waals surface area contributed by atoms with Crippen LogP contribution >= 0.6 is 11.6 Å². The molecule has 0 spiro atoms. The van der Waals surface area contributed by atoms with E-state index in [0.29, 0.717) is 27.7 Å². The number of ether oxygens (including phenoxy) is 1. The molecule has 2 aromatic carbocycles. The van der Waals surface area contributed by atoms with Gasteiger partial charge < -0.3 is 15.4 Å². The summed E-state index contributed by atoms with van der Waals surface area (Å²) in [4.78, 5) is 24.0. The van der Waals surface area contributed by atoms with Crippen LogP contribution in [0.2, 0.25) is 5.02 Å². The normalized spacial score (nSPS) is 12.9. The van der Waals surface area contributed by atoms with E-state index in [1.54, 1.807) is 24.3 Å². The van der Waals surface area contributed by atoms with Crippen LogP contribution < -0.4 is 15.4 Å². The van der Waals surface area contributed by atoms with E-state index in [1.165, 1.54) is 0 Å². The highest BCUT2D eigenvalue weighted by atomic mass is 35.5. The van der Waals surface area contributed by atoms with Crippen LogP contribution in [-0.2, 0) is 4.79 Å². The summed E-state index contributed by atoms with van der Waals surface area (Å²) in [5, 5.41) is 5.98. The number of anilines is 2. The zero-order valence-electron chi connectivity index (χ0n) is 12.7. The predicted octanol–water partition coefficient (Wildman–Crippen LogP) is 3.54.